The monoisotopic (exact) mass is 198 g/mol. The number of allylic oxidation sites excluding steroid dienone is 1. The van der Waals surface area contributed by atoms with Crippen LogP contribution in [0, 0.1) is 0 Å². The minimum Gasteiger partial charge on any atom is -0.463 e. The Hall–Kier alpha value is -1.58. The highest BCUT2D eigenvalue weighted by Gasteiger charge is 2.09. The van der Waals surface area contributed by atoms with Crippen LogP contribution in [0.5, 0.6) is 0 Å². The largest absolute Gasteiger partial charge is 0.463 e. The maximum atomic E-state index is 11.2. The van der Waals surface area contributed by atoms with Crippen LogP contribution in [-0.2, 0) is 19.1 Å². The second-order valence-corrected chi connectivity index (χ2v) is 2.47. The quantitative estimate of drug-likeness (QED) is 0.291. The molecule has 0 aromatic heterocycles. The Morgan fingerprint density at radius 2 is 2.07 bits per heavy atom. The molecule has 0 heterocycles. The highest BCUT2D eigenvalue weighted by atomic mass is 16.5. The van der Waals surface area contributed by atoms with E-state index < -0.39 is 11.9 Å². The topological polar surface area (TPSA) is 52.6 Å². The molecule has 0 amide bonds. The molecule has 0 rings (SSSR count). The van der Waals surface area contributed by atoms with Crippen molar-refractivity contribution in [2.45, 2.75) is 20.3 Å². The molecule has 0 N–H and O–H groups in total. The Morgan fingerprint density at radius 3 is 2.50 bits per heavy atom. The molecule has 0 aromatic carbocycles. The lowest BCUT2D eigenvalue weighted by molar-refractivity contribution is -0.139. The van der Waals surface area contributed by atoms with Gasteiger partial charge in [0.1, 0.15) is 6.26 Å². The average molecular weight is 198 g/mol. The molecule has 4 heteroatoms. The van der Waals surface area contributed by atoms with Gasteiger partial charge >= 0.3 is 11.9 Å². The van der Waals surface area contributed by atoms with Crippen LogP contribution in [0.3, 0.4) is 0 Å². The molecule has 78 valence electrons. The van der Waals surface area contributed by atoms with Gasteiger partial charge in [0, 0.05) is 13.3 Å². The molecule has 0 saturated heterocycles. The van der Waals surface area contributed by atoms with Gasteiger partial charge in [-0.1, -0.05) is 6.08 Å². The van der Waals surface area contributed by atoms with Gasteiger partial charge in [-0.15, -0.1) is 6.58 Å². The molecule has 0 fully saturated rings. The molecule has 4 nitrogen and oxygen atoms in total. The molecule has 0 radical (unpaired) electrons. The zero-order chi connectivity index (χ0) is 11.0. The number of rotatable bonds is 5. The SMILES string of the molecule is C=CC/C(=C\OC(C)=O)C(=O)OCC. The molecule has 0 saturated carbocycles. The van der Waals surface area contributed by atoms with Crippen LogP contribution in [-0.4, -0.2) is 18.5 Å². The third-order valence-electron chi connectivity index (χ3n) is 1.27. The first kappa shape index (κ1) is 12.4. The van der Waals surface area contributed by atoms with Crippen LogP contribution in [0.2, 0.25) is 0 Å². The van der Waals surface area contributed by atoms with Gasteiger partial charge in [0.05, 0.1) is 12.2 Å². The second kappa shape index (κ2) is 6.88. The Balaban J connectivity index is 4.40. The number of carbonyl (C=O) groups excluding carboxylic acids is 2. The summed E-state index contributed by atoms with van der Waals surface area (Å²) < 4.78 is 9.32. The average Bonchev–Trinajstić information content (AvgIpc) is 2.12. The summed E-state index contributed by atoms with van der Waals surface area (Å²) in [5, 5.41) is 0. The summed E-state index contributed by atoms with van der Waals surface area (Å²) in [6.07, 6.45) is 2.94. The summed E-state index contributed by atoms with van der Waals surface area (Å²) in [5.74, 6) is -0.968. The Labute approximate surface area is 83.2 Å². The third kappa shape index (κ3) is 5.13. The van der Waals surface area contributed by atoms with Gasteiger partial charge in [-0.05, 0) is 6.92 Å². The molecule has 14 heavy (non-hydrogen) atoms. The number of hydrogen-bond acceptors (Lipinski definition) is 4. The first-order valence-corrected chi connectivity index (χ1v) is 4.26. The van der Waals surface area contributed by atoms with Crippen LogP contribution in [0.15, 0.2) is 24.5 Å². The molecular formula is C10H14O4. The lowest BCUT2D eigenvalue weighted by Crippen LogP contribution is -2.08. The minimum atomic E-state index is -0.492. The normalized spacial score (nSPS) is 10.6. The van der Waals surface area contributed by atoms with E-state index in [0.29, 0.717) is 6.42 Å². The number of esters is 2. The molecule has 0 bridgehead atoms. The number of ether oxygens (including phenoxy) is 2. The summed E-state index contributed by atoms with van der Waals surface area (Å²) in [4.78, 5) is 21.7. The molecular weight excluding hydrogens is 184 g/mol. The van der Waals surface area contributed by atoms with E-state index in [0.717, 1.165) is 6.26 Å². The van der Waals surface area contributed by atoms with Crippen LogP contribution >= 0.6 is 0 Å². The Morgan fingerprint density at radius 1 is 1.43 bits per heavy atom. The van der Waals surface area contributed by atoms with Crippen LogP contribution in [0.25, 0.3) is 0 Å². The van der Waals surface area contributed by atoms with E-state index in [-0.39, 0.29) is 12.2 Å². The lowest BCUT2D eigenvalue weighted by Gasteiger charge is -2.03. The smallest absolute Gasteiger partial charge is 0.337 e. The first-order chi connectivity index (χ1) is 6.61. The van der Waals surface area contributed by atoms with Crippen molar-refractivity contribution in [1.82, 2.24) is 0 Å². The Bertz CT molecular complexity index is 253. The van der Waals surface area contributed by atoms with Crippen molar-refractivity contribution >= 4 is 11.9 Å². The fourth-order valence-electron chi connectivity index (χ4n) is 0.713. The zero-order valence-corrected chi connectivity index (χ0v) is 8.41. The third-order valence-corrected chi connectivity index (χ3v) is 1.27. The van der Waals surface area contributed by atoms with Gasteiger partial charge < -0.3 is 9.47 Å². The Kier molecular flexibility index (Phi) is 6.11. The van der Waals surface area contributed by atoms with Gasteiger partial charge in [-0.2, -0.15) is 0 Å². The first-order valence-electron chi connectivity index (χ1n) is 4.26. The van der Waals surface area contributed by atoms with Crippen molar-refractivity contribution in [3.63, 3.8) is 0 Å². The number of carbonyl (C=O) groups is 2. The maximum absolute atomic E-state index is 11.2. The predicted octanol–water partition coefficient (Wildman–Crippen LogP) is 1.57. The highest BCUT2D eigenvalue weighted by molar-refractivity contribution is 5.88. The highest BCUT2D eigenvalue weighted by Crippen LogP contribution is 2.05. The van der Waals surface area contributed by atoms with Crippen molar-refractivity contribution in [3.05, 3.63) is 24.5 Å². The van der Waals surface area contributed by atoms with Crippen molar-refractivity contribution in [1.29, 1.82) is 0 Å². The van der Waals surface area contributed by atoms with Gasteiger partial charge in [-0.25, -0.2) is 4.79 Å². The lowest BCUT2D eigenvalue weighted by atomic mass is 10.2. The molecule has 0 spiro atoms. The van der Waals surface area contributed by atoms with Crippen LogP contribution in [0.4, 0.5) is 0 Å². The van der Waals surface area contributed by atoms with E-state index in [1.165, 1.54) is 13.0 Å². The second-order valence-electron chi connectivity index (χ2n) is 2.47. The summed E-state index contributed by atoms with van der Waals surface area (Å²) in [6, 6.07) is 0. The minimum absolute atomic E-state index is 0.275. The van der Waals surface area contributed by atoms with Crippen molar-refractivity contribution in [2.24, 2.45) is 0 Å². The molecule has 0 aliphatic heterocycles. The van der Waals surface area contributed by atoms with Gasteiger partial charge in [0.2, 0.25) is 0 Å². The van der Waals surface area contributed by atoms with Gasteiger partial charge in [-0.3, -0.25) is 4.79 Å². The van der Waals surface area contributed by atoms with E-state index in [2.05, 4.69) is 11.3 Å². The summed E-state index contributed by atoms with van der Waals surface area (Å²) in [7, 11) is 0. The van der Waals surface area contributed by atoms with E-state index in [4.69, 9.17) is 4.74 Å². The molecule has 0 atom stereocenters. The van der Waals surface area contributed by atoms with E-state index in [1.807, 2.05) is 0 Å². The van der Waals surface area contributed by atoms with E-state index >= 15 is 0 Å². The standard InChI is InChI=1S/C10H14O4/c1-4-6-9(7-14-8(3)11)10(12)13-5-2/h4,7H,1,5-6H2,2-3H3/b9-7+. The number of hydrogen-bond donors (Lipinski definition) is 0. The summed E-state index contributed by atoms with van der Waals surface area (Å²) in [6.45, 7) is 6.73. The van der Waals surface area contributed by atoms with Crippen molar-refractivity contribution in [2.75, 3.05) is 6.61 Å². The summed E-state index contributed by atoms with van der Waals surface area (Å²) >= 11 is 0. The van der Waals surface area contributed by atoms with Crippen molar-refractivity contribution < 1.29 is 19.1 Å². The van der Waals surface area contributed by atoms with E-state index in [1.54, 1.807) is 6.92 Å². The van der Waals surface area contributed by atoms with Gasteiger partial charge in [0.25, 0.3) is 0 Å². The van der Waals surface area contributed by atoms with E-state index in [9.17, 15) is 9.59 Å². The van der Waals surface area contributed by atoms with Crippen LogP contribution in [0.1, 0.15) is 20.3 Å². The van der Waals surface area contributed by atoms with Crippen LogP contribution < -0.4 is 0 Å². The van der Waals surface area contributed by atoms with Gasteiger partial charge in [0.15, 0.2) is 0 Å². The molecule has 0 unspecified atom stereocenters. The fourth-order valence-corrected chi connectivity index (χ4v) is 0.713. The molecule has 0 aliphatic rings. The van der Waals surface area contributed by atoms with Crippen molar-refractivity contribution in [3.8, 4) is 0 Å². The summed E-state index contributed by atoms with van der Waals surface area (Å²) in [5.41, 5.74) is 0.275. The fraction of sp³-hybridized carbons (Fsp3) is 0.400. The predicted molar refractivity (Wildman–Crippen MR) is 51.3 cm³/mol. The zero-order valence-electron chi connectivity index (χ0n) is 8.41. The molecule has 0 aliphatic carbocycles. The maximum Gasteiger partial charge on any atom is 0.337 e. The molecule has 0 aromatic rings.